The number of carbonyl (C=O) groups excluding carboxylic acids is 1. The van der Waals surface area contributed by atoms with E-state index in [0.717, 1.165) is 0 Å². The number of rotatable bonds is 3. The van der Waals surface area contributed by atoms with Crippen LogP contribution in [0, 0.1) is 0 Å². The summed E-state index contributed by atoms with van der Waals surface area (Å²) in [5.41, 5.74) is 1.62. The van der Waals surface area contributed by atoms with Crippen LogP contribution in [0.15, 0.2) is 5.38 Å². The van der Waals surface area contributed by atoms with Crippen molar-refractivity contribution >= 4 is 23.3 Å². The molecule has 1 rings (SSSR count). The van der Waals surface area contributed by atoms with E-state index in [9.17, 15) is 14.7 Å². The van der Waals surface area contributed by atoms with Gasteiger partial charge in [0.15, 0.2) is 0 Å². The largest absolute Gasteiger partial charge is 0.465 e. The second-order valence-corrected chi connectivity index (χ2v) is 5.93. The number of hydrogen-bond acceptors (Lipinski definition) is 5. The van der Waals surface area contributed by atoms with E-state index in [0.29, 0.717) is 5.01 Å². The molecule has 0 saturated heterocycles. The minimum Gasteiger partial charge on any atom is -0.465 e. The average molecular weight is 286 g/mol. The summed E-state index contributed by atoms with van der Waals surface area (Å²) in [7, 11) is 0. The summed E-state index contributed by atoms with van der Waals surface area (Å²) in [6.07, 6.45) is -1.03. The molecule has 19 heavy (non-hydrogen) atoms. The molecule has 0 aliphatic heterocycles. The molecule has 7 nitrogen and oxygen atoms in total. The number of nitrogen functional groups attached to an aromatic ring is 1. The molecule has 0 aliphatic carbocycles. The van der Waals surface area contributed by atoms with Crippen LogP contribution in [0.5, 0.6) is 0 Å². The van der Waals surface area contributed by atoms with Crippen LogP contribution in [0.25, 0.3) is 0 Å². The highest BCUT2D eigenvalue weighted by atomic mass is 32.1. The first kappa shape index (κ1) is 15.4. The van der Waals surface area contributed by atoms with E-state index in [1.165, 1.54) is 16.2 Å². The SMILES string of the molecule is CC(c1nc(C(=O)NN)cs1)N(C(=O)O)C(C)(C)C. The van der Waals surface area contributed by atoms with Gasteiger partial charge in [-0.1, -0.05) is 0 Å². The van der Waals surface area contributed by atoms with E-state index in [-0.39, 0.29) is 5.69 Å². The molecule has 0 radical (unpaired) electrons. The van der Waals surface area contributed by atoms with Gasteiger partial charge in [-0.05, 0) is 27.7 Å². The van der Waals surface area contributed by atoms with Crippen molar-refractivity contribution in [2.75, 3.05) is 0 Å². The monoisotopic (exact) mass is 286 g/mol. The number of nitrogens with zero attached hydrogens (tertiary/aromatic N) is 2. The summed E-state index contributed by atoms with van der Waals surface area (Å²) in [5, 5.41) is 11.4. The predicted molar refractivity (Wildman–Crippen MR) is 71.8 cm³/mol. The highest BCUT2D eigenvalue weighted by molar-refractivity contribution is 7.09. The van der Waals surface area contributed by atoms with Gasteiger partial charge in [-0.25, -0.2) is 15.6 Å². The summed E-state index contributed by atoms with van der Waals surface area (Å²) >= 11 is 1.23. The molecular weight excluding hydrogens is 268 g/mol. The Bertz CT molecular complexity index is 481. The summed E-state index contributed by atoms with van der Waals surface area (Å²) in [6, 6.07) is -0.443. The van der Waals surface area contributed by atoms with Gasteiger partial charge in [0.1, 0.15) is 10.7 Å². The predicted octanol–water partition coefficient (Wildman–Crippen LogP) is 1.59. The Balaban J connectivity index is 3.04. The molecule has 1 unspecified atom stereocenters. The van der Waals surface area contributed by atoms with Crippen LogP contribution in [-0.4, -0.2) is 32.5 Å². The fourth-order valence-corrected chi connectivity index (χ4v) is 2.65. The first-order valence-corrected chi connectivity index (χ1v) is 6.55. The van der Waals surface area contributed by atoms with Gasteiger partial charge in [0.25, 0.3) is 5.91 Å². The fourth-order valence-electron chi connectivity index (χ4n) is 1.80. The number of aromatic nitrogens is 1. The van der Waals surface area contributed by atoms with Crippen LogP contribution in [0.4, 0.5) is 4.79 Å². The maximum absolute atomic E-state index is 11.4. The summed E-state index contributed by atoms with van der Waals surface area (Å²) in [6.45, 7) is 7.15. The van der Waals surface area contributed by atoms with Gasteiger partial charge in [-0.2, -0.15) is 0 Å². The molecule has 1 heterocycles. The average Bonchev–Trinajstić information content (AvgIpc) is 2.74. The lowest BCUT2D eigenvalue weighted by Gasteiger charge is -2.37. The number of thiazole rings is 1. The van der Waals surface area contributed by atoms with Crippen molar-refractivity contribution in [1.29, 1.82) is 0 Å². The lowest BCUT2D eigenvalue weighted by atomic mass is 10.0. The van der Waals surface area contributed by atoms with Crippen molar-refractivity contribution in [3.05, 3.63) is 16.1 Å². The van der Waals surface area contributed by atoms with E-state index in [1.807, 2.05) is 5.43 Å². The topological polar surface area (TPSA) is 109 Å². The first-order valence-electron chi connectivity index (χ1n) is 5.67. The third kappa shape index (κ3) is 3.42. The van der Waals surface area contributed by atoms with Crippen molar-refractivity contribution in [3.63, 3.8) is 0 Å². The molecule has 1 atom stereocenters. The number of hydrazine groups is 1. The molecule has 1 aromatic heterocycles. The minimum atomic E-state index is -1.03. The second kappa shape index (κ2) is 5.54. The van der Waals surface area contributed by atoms with Crippen LogP contribution in [0.3, 0.4) is 0 Å². The Morgan fingerprint density at radius 3 is 2.53 bits per heavy atom. The standard InChI is InChI=1S/C11H18N4O3S/c1-6(15(10(17)18)11(2,3)4)9-13-7(5-19-9)8(16)14-12/h5-6H,12H2,1-4H3,(H,14,16)(H,17,18). The Morgan fingerprint density at radius 2 is 2.11 bits per heavy atom. The van der Waals surface area contributed by atoms with Crippen LogP contribution in [0.1, 0.15) is 49.2 Å². The van der Waals surface area contributed by atoms with E-state index >= 15 is 0 Å². The maximum atomic E-state index is 11.4. The van der Waals surface area contributed by atoms with Gasteiger partial charge < -0.3 is 5.11 Å². The smallest absolute Gasteiger partial charge is 0.408 e. The van der Waals surface area contributed by atoms with Crippen LogP contribution < -0.4 is 11.3 Å². The van der Waals surface area contributed by atoms with Crippen molar-refractivity contribution in [2.45, 2.75) is 39.3 Å². The molecule has 8 heteroatoms. The number of carboxylic acid groups (broad SMARTS) is 1. The third-order valence-electron chi connectivity index (χ3n) is 2.56. The molecule has 2 amide bonds. The maximum Gasteiger partial charge on any atom is 0.408 e. The molecule has 1 aromatic rings. The van der Waals surface area contributed by atoms with Gasteiger partial charge in [0.05, 0.1) is 6.04 Å². The normalized spacial score (nSPS) is 12.9. The molecule has 0 aromatic carbocycles. The molecule has 4 N–H and O–H groups in total. The first-order chi connectivity index (χ1) is 8.68. The third-order valence-corrected chi connectivity index (χ3v) is 3.57. The van der Waals surface area contributed by atoms with Crippen LogP contribution >= 0.6 is 11.3 Å². The Morgan fingerprint density at radius 1 is 1.53 bits per heavy atom. The molecule has 106 valence electrons. The molecule has 0 aliphatic rings. The molecule has 0 spiro atoms. The zero-order chi connectivity index (χ0) is 14.8. The van der Waals surface area contributed by atoms with Crippen LogP contribution in [-0.2, 0) is 0 Å². The van der Waals surface area contributed by atoms with Gasteiger partial charge in [0.2, 0.25) is 0 Å². The van der Waals surface area contributed by atoms with Crippen molar-refractivity contribution in [3.8, 4) is 0 Å². The van der Waals surface area contributed by atoms with Gasteiger partial charge in [-0.15, -0.1) is 11.3 Å². The zero-order valence-electron chi connectivity index (χ0n) is 11.3. The zero-order valence-corrected chi connectivity index (χ0v) is 12.1. The molecule has 0 saturated carbocycles. The highest BCUT2D eigenvalue weighted by Crippen LogP contribution is 2.29. The molecule has 0 fully saturated rings. The number of carbonyl (C=O) groups is 2. The van der Waals surface area contributed by atoms with Gasteiger partial charge in [-0.3, -0.25) is 15.1 Å². The van der Waals surface area contributed by atoms with Crippen molar-refractivity contribution < 1.29 is 14.7 Å². The lowest BCUT2D eigenvalue weighted by molar-refractivity contribution is 0.0752. The number of nitrogens with one attached hydrogen (secondary N) is 1. The number of hydrogen-bond donors (Lipinski definition) is 3. The fraction of sp³-hybridized carbons (Fsp3) is 0.545. The minimum absolute atomic E-state index is 0.189. The second-order valence-electron chi connectivity index (χ2n) is 5.04. The molecular formula is C11H18N4O3S. The summed E-state index contributed by atoms with van der Waals surface area (Å²) in [4.78, 5) is 28.1. The van der Waals surface area contributed by atoms with E-state index in [4.69, 9.17) is 5.84 Å². The Kier molecular flexibility index (Phi) is 4.48. The highest BCUT2D eigenvalue weighted by Gasteiger charge is 2.33. The van der Waals surface area contributed by atoms with Gasteiger partial charge in [0, 0.05) is 10.9 Å². The molecule has 0 bridgehead atoms. The van der Waals surface area contributed by atoms with Crippen LogP contribution in [0.2, 0.25) is 0 Å². The summed E-state index contributed by atoms with van der Waals surface area (Å²) in [5.74, 6) is 4.53. The summed E-state index contributed by atoms with van der Waals surface area (Å²) < 4.78 is 0. The quantitative estimate of drug-likeness (QED) is 0.444. The Labute approximate surface area is 115 Å². The Hall–Kier alpha value is -1.67. The van der Waals surface area contributed by atoms with E-state index in [2.05, 4.69) is 4.98 Å². The van der Waals surface area contributed by atoms with Crippen molar-refractivity contribution in [1.82, 2.24) is 15.3 Å². The van der Waals surface area contributed by atoms with E-state index < -0.39 is 23.6 Å². The lowest BCUT2D eigenvalue weighted by Crippen LogP contribution is -2.46. The van der Waals surface area contributed by atoms with Crippen molar-refractivity contribution in [2.24, 2.45) is 5.84 Å². The van der Waals surface area contributed by atoms with Gasteiger partial charge >= 0.3 is 6.09 Å². The van der Waals surface area contributed by atoms with E-state index in [1.54, 1.807) is 33.1 Å². The number of amides is 2. The number of nitrogens with two attached hydrogens (primary N) is 1.